The molecule has 1 fully saturated rings. The molecule has 2 aromatic carbocycles. The topological polar surface area (TPSA) is 87.0 Å². The third kappa shape index (κ3) is 3.89. The van der Waals surface area contributed by atoms with Crippen LogP contribution in [0.15, 0.2) is 48.2 Å². The zero-order chi connectivity index (χ0) is 23.0. The van der Waals surface area contributed by atoms with Gasteiger partial charge in [0.1, 0.15) is 5.70 Å². The molecule has 166 valence electrons. The number of aryl methyl sites for hydroxylation is 2. The predicted octanol–water partition coefficient (Wildman–Crippen LogP) is 3.13. The zero-order valence-electron chi connectivity index (χ0n) is 18.5. The molecule has 2 heterocycles. The van der Waals surface area contributed by atoms with Crippen LogP contribution in [-0.2, 0) is 9.59 Å². The summed E-state index contributed by atoms with van der Waals surface area (Å²) in [6, 6.07) is 11.5. The van der Waals surface area contributed by atoms with Gasteiger partial charge in [-0.05, 0) is 61.3 Å². The van der Waals surface area contributed by atoms with Gasteiger partial charge >= 0.3 is 0 Å². The van der Waals surface area contributed by atoms with E-state index in [0.29, 0.717) is 35.6 Å². The highest BCUT2D eigenvalue weighted by atomic mass is 16.6. The quantitative estimate of drug-likeness (QED) is 0.408. The Morgan fingerprint density at radius 3 is 2.03 bits per heavy atom. The molecule has 0 aromatic heterocycles. The number of non-ortho nitro benzene ring substituents is 1. The number of piperazine rings is 1. The van der Waals surface area contributed by atoms with Crippen molar-refractivity contribution in [2.75, 3.05) is 37.6 Å². The van der Waals surface area contributed by atoms with E-state index in [1.807, 2.05) is 36.9 Å². The Bertz CT molecular complexity index is 1100. The SMILES string of the molecule is CCN1CCN(C2=C(c3ccc([N+](=O)[O-])cc3)C(=O)N(c3cc(C)cc(C)c3)C2=O)CC1. The minimum absolute atomic E-state index is 0.0598. The van der Waals surface area contributed by atoms with E-state index in [-0.39, 0.29) is 11.6 Å². The summed E-state index contributed by atoms with van der Waals surface area (Å²) >= 11 is 0. The molecule has 8 nitrogen and oxygen atoms in total. The van der Waals surface area contributed by atoms with E-state index in [0.717, 1.165) is 30.8 Å². The lowest BCUT2D eigenvalue weighted by Gasteiger charge is -2.36. The Labute approximate surface area is 186 Å². The maximum absolute atomic E-state index is 13.6. The van der Waals surface area contributed by atoms with Crippen molar-refractivity contribution in [2.24, 2.45) is 0 Å². The second-order valence-electron chi connectivity index (χ2n) is 8.24. The normalized spacial score (nSPS) is 17.5. The molecule has 2 aliphatic heterocycles. The van der Waals surface area contributed by atoms with E-state index in [2.05, 4.69) is 11.8 Å². The molecule has 0 unspecified atom stereocenters. The summed E-state index contributed by atoms with van der Waals surface area (Å²) in [5.74, 6) is -0.750. The van der Waals surface area contributed by atoms with Gasteiger partial charge in [-0.2, -0.15) is 0 Å². The number of carbonyl (C=O) groups is 2. The zero-order valence-corrected chi connectivity index (χ0v) is 18.5. The molecule has 0 bridgehead atoms. The molecule has 2 aromatic rings. The number of carbonyl (C=O) groups excluding carboxylic acids is 2. The number of imide groups is 1. The maximum atomic E-state index is 13.6. The van der Waals surface area contributed by atoms with Crippen molar-refractivity contribution in [3.05, 3.63) is 75.0 Å². The summed E-state index contributed by atoms with van der Waals surface area (Å²) in [6.45, 7) is 9.77. The lowest BCUT2D eigenvalue weighted by molar-refractivity contribution is -0.384. The van der Waals surface area contributed by atoms with Gasteiger partial charge in [0.05, 0.1) is 16.2 Å². The van der Waals surface area contributed by atoms with Crippen LogP contribution in [-0.4, -0.2) is 59.3 Å². The van der Waals surface area contributed by atoms with Crippen LogP contribution in [0.3, 0.4) is 0 Å². The van der Waals surface area contributed by atoms with Crippen LogP contribution in [0.4, 0.5) is 11.4 Å². The molecule has 0 saturated carbocycles. The van der Waals surface area contributed by atoms with Crippen molar-refractivity contribution in [2.45, 2.75) is 20.8 Å². The van der Waals surface area contributed by atoms with E-state index in [9.17, 15) is 19.7 Å². The van der Waals surface area contributed by atoms with Crippen molar-refractivity contribution in [3.63, 3.8) is 0 Å². The van der Waals surface area contributed by atoms with Crippen molar-refractivity contribution in [3.8, 4) is 0 Å². The van der Waals surface area contributed by atoms with Gasteiger partial charge in [-0.15, -0.1) is 0 Å². The number of nitro groups is 1. The Kier molecular flexibility index (Phi) is 5.80. The van der Waals surface area contributed by atoms with E-state index >= 15 is 0 Å². The van der Waals surface area contributed by atoms with Gasteiger partial charge in [-0.1, -0.05) is 13.0 Å². The minimum Gasteiger partial charge on any atom is -0.364 e. The van der Waals surface area contributed by atoms with E-state index in [1.54, 1.807) is 12.1 Å². The number of nitro benzene ring substituents is 1. The summed E-state index contributed by atoms with van der Waals surface area (Å²) < 4.78 is 0. The van der Waals surface area contributed by atoms with Crippen LogP contribution in [0, 0.1) is 24.0 Å². The van der Waals surface area contributed by atoms with Crippen LogP contribution in [0.25, 0.3) is 5.57 Å². The van der Waals surface area contributed by atoms with E-state index in [4.69, 9.17) is 0 Å². The molecule has 2 aliphatic rings. The molecule has 8 heteroatoms. The largest absolute Gasteiger partial charge is 0.364 e. The van der Waals surface area contributed by atoms with Crippen LogP contribution in [0.1, 0.15) is 23.6 Å². The Balaban J connectivity index is 1.79. The minimum atomic E-state index is -0.480. The van der Waals surface area contributed by atoms with Crippen LogP contribution >= 0.6 is 0 Å². The van der Waals surface area contributed by atoms with Crippen LogP contribution in [0.5, 0.6) is 0 Å². The van der Waals surface area contributed by atoms with E-state index in [1.165, 1.54) is 17.0 Å². The fourth-order valence-corrected chi connectivity index (χ4v) is 4.42. The van der Waals surface area contributed by atoms with Crippen molar-refractivity contribution >= 4 is 28.8 Å². The smallest absolute Gasteiger partial charge is 0.282 e. The molecule has 32 heavy (non-hydrogen) atoms. The molecule has 2 amide bonds. The summed E-state index contributed by atoms with van der Waals surface area (Å²) in [7, 11) is 0. The molecular weight excluding hydrogens is 408 g/mol. The number of benzene rings is 2. The third-order valence-corrected chi connectivity index (χ3v) is 6.03. The number of hydrogen-bond donors (Lipinski definition) is 0. The standard InChI is InChI=1S/C24H26N4O4/c1-4-25-9-11-26(12-10-25)22-21(18-5-7-19(8-6-18)28(31)32)23(29)27(24(22)30)20-14-16(2)13-17(3)15-20/h5-8,13-15H,4,9-12H2,1-3H3. The van der Waals surface area contributed by atoms with Crippen molar-refractivity contribution in [1.82, 2.24) is 9.80 Å². The first-order valence-corrected chi connectivity index (χ1v) is 10.7. The third-order valence-electron chi connectivity index (χ3n) is 6.03. The number of anilines is 1. The van der Waals surface area contributed by atoms with Gasteiger partial charge in [0.15, 0.2) is 0 Å². The highest BCUT2D eigenvalue weighted by Gasteiger charge is 2.43. The average Bonchev–Trinajstić information content (AvgIpc) is 3.03. The van der Waals surface area contributed by atoms with Crippen molar-refractivity contribution < 1.29 is 14.5 Å². The van der Waals surface area contributed by atoms with Crippen molar-refractivity contribution in [1.29, 1.82) is 0 Å². The Morgan fingerprint density at radius 1 is 0.906 bits per heavy atom. The van der Waals surface area contributed by atoms with Gasteiger partial charge in [0.2, 0.25) is 0 Å². The van der Waals surface area contributed by atoms with Gasteiger partial charge in [0.25, 0.3) is 17.5 Å². The molecule has 0 spiro atoms. The lowest BCUT2D eigenvalue weighted by atomic mass is 10.0. The first-order chi connectivity index (χ1) is 15.3. The van der Waals surface area contributed by atoms with Gasteiger partial charge in [-0.25, -0.2) is 4.90 Å². The summed E-state index contributed by atoms with van der Waals surface area (Å²) in [4.78, 5) is 43.3. The van der Waals surface area contributed by atoms with Gasteiger partial charge in [0, 0.05) is 38.3 Å². The Morgan fingerprint density at radius 2 is 1.50 bits per heavy atom. The molecule has 0 atom stereocenters. The van der Waals surface area contributed by atoms with Crippen LogP contribution in [0.2, 0.25) is 0 Å². The number of hydrogen-bond acceptors (Lipinski definition) is 6. The first kappa shape index (κ1) is 21.7. The second-order valence-corrected chi connectivity index (χ2v) is 8.24. The second kappa shape index (κ2) is 8.55. The number of amides is 2. The number of rotatable bonds is 5. The van der Waals surface area contributed by atoms with E-state index < -0.39 is 10.8 Å². The summed E-state index contributed by atoms with van der Waals surface area (Å²) in [6.07, 6.45) is 0. The molecular formula is C24H26N4O4. The molecule has 0 aliphatic carbocycles. The molecule has 4 rings (SSSR count). The lowest BCUT2D eigenvalue weighted by Crippen LogP contribution is -2.47. The average molecular weight is 434 g/mol. The van der Waals surface area contributed by atoms with Gasteiger partial charge < -0.3 is 9.80 Å². The summed E-state index contributed by atoms with van der Waals surface area (Å²) in [5.41, 5.74) is 3.58. The van der Waals surface area contributed by atoms with Gasteiger partial charge in [-0.3, -0.25) is 19.7 Å². The fourth-order valence-electron chi connectivity index (χ4n) is 4.42. The monoisotopic (exact) mass is 434 g/mol. The predicted molar refractivity (Wildman–Crippen MR) is 122 cm³/mol. The Hall–Kier alpha value is -3.52. The highest BCUT2D eigenvalue weighted by molar-refractivity contribution is 6.45. The molecule has 0 N–H and O–H groups in total. The highest BCUT2D eigenvalue weighted by Crippen LogP contribution is 2.36. The maximum Gasteiger partial charge on any atom is 0.282 e. The fraction of sp³-hybridized carbons (Fsp3) is 0.333. The number of likely N-dealkylation sites (N-methyl/N-ethyl adjacent to an activating group) is 1. The summed E-state index contributed by atoms with van der Waals surface area (Å²) in [5, 5.41) is 11.1. The number of nitrogens with zero attached hydrogens (tertiary/aromatic N) is 4. The van der Waals surface area contributed by atoms with Crippen LogP contribution < -0.4 is 4.90 Å². The first-order valence-electron chi connectivity index (χ1n) is 10.7. The molecule has 0 radical (unpaired) electrons. The molecule has 1 saturated heterocycles.